The molecule has 2 amide bonds. The highest BCUT2D eigenvalue weighted by Gasteiger charge is 2.39. The average molecular weight is 295 g/mol. The van der Waals surface area contributed by atoms with Gasteiger partial charge in [-0.3, -0.25) is 4.79 Å². The van der Waals surface area contributed by atoms with Crippen LogP contribution in [0.3, 0.4) is 0 Å². The van der Waals surface area contributed by atoms with Crippen molar-refractivity contribution in [2.45, 2.75) is 32.7 Å². The Balaban J connectivity index is 2.00. The monoisotopic (exact) mass is 295 g/mol. The maximum Gasteiger partial charge on any atom is 0.318 e. The van der Waals surface area contributed by atoms with Gasteiger partial charge in [0.1, 0.15) is 6.33 Å². The highest BCUT2D eigenvalue weighted by atomic mass is 16.4. The van der Waals surface area contributed by atoms with E-state index in [2.05, 4.69) is 15.5 Å². The van der Waals surface area contributed by atoms with E-state index in [4.69, 9.17) is 0 Å². The molecular weight excluding hydrogens is 274 g/mol. The van der Waals surface area contributed by atoms with Crippen LogP contribution in [0.5, 0.6) is 0 Å². The number of aliphatic carboxylic acids is 1. The zero-order valence-corrected chi connectivity index (χ0v) is 12.5. The van der Waals surface area contributed by atoms with Gasteiger partial charge in [-0.15, -0.1) is 10.2 Å². The molecule has 0 bridgehead atoms. The van der Waals surface area contributed by atoms with Crippen molar-refractivity contribution in [2.75, 3.05) is 13.1 Å². The molecular formula is C13H21N5O3. The van der Waals surface area contributed by atoms with E-state index >= 15 is 0 Å². The summed E-state index contributed by atoms with van der Waals surface area (Å²) in [6.45, 7) is 4.29. The summed E-state index contributed by atoms with van der Waals surface area (Å²) in [6.07, 6.45) is 2.85. The summed E-state index contributed by atoms with van der Waals surface area (Å²) in [7, 11) is 1.81. The second kappa shape index (κ2) is 5.71. The number of carboxylic acid groups (broad SMARTS) is 1. The number of rotatable bonds is 3. The molecule has 0 aromatic carbocycles. The number of likely N-dealkylation sites (tertiary alicyclic amines) is 1. The minimum atomic E-state index is -0.871. The topological polar surface area (TPSA) is 100 Å². The lowest BCUT2D eigenvalue weighted by Crippen LogP contribution is -2.51. The Bertz CT molecular complexity index is 544. The van der Waals surface area contributed by atoms with Gasteiger partial charge >= 0.3 is 12.0 Å². The largest absolute Gasteiger partial charge is 0.481 e. The van der Waals surface area contributed by atoms with Crippen LogP contribution in [0.25, 0.3) is 0 Å². The number of aromatic nitrogens is 3. The molecule has 1 saturated heterocycles. The van der Waals surface area contributed by atoms with Gasteiger partial charge in [-0.25, -0.2) is 4.79 Å². The number of carbonyl (C=O) groups excluding carboxylic acids is 1. The van der Waals surface area contributed by atoms with Gasteiger partial charge in [-0.05, 0) is 26.7 Å². The minimum absolute atomic E-state index is 0.222. The van der Waals surface area contributed by atoms with E-state index < -0.39 is 11.4 Å². The van der Waals surface area contributed by atoms with Gasteiger partial charge in [0.15, 0.2) is 5.82 Å². The number of hydrogen-bond donors (Lipinski definition) is 2. The van der Waals surface area contributed by atoms with Crippen LogP contribution in [0, 0.1) is 5.41 Å². The molecule has 1 aromatic heterocycles. The van der Waals surface area contributed by atoms with Crippen molar-refractivity contribution in [3.05, 3.63) is 12.2 Å². The molecule has 0 radical (unpaired) electrons. The van der Waals surface area contributed by atoms with Gasteiger partial charge in [0.05, 0.1) is 11.5 Å². The van der Waals surface area contributed by atoms with Crippen molar-refractivity contribution < 1.29 is 14.7 Å². The lowest BCUT2D eigenvalue weighted by atomic mass is 9.82. The van der Waals surface area contributed by atoms with E-state index in [1.807, 2.05) is 6.92 Å². The first kappa shape index (κ1) is 15.3. The van der Waals surface area contributed by atoms with E-state index in [-0.39, 0.29) is 18.6 Å². The number of amides is 2. The smallest absolute Gasteiger partial charge is 0.318 e. The van der Waals surface area contributed by atoms with Crippen molar-refractivity contribution in [3.8, 4) is 0 Å². The summed E-state index contributed by atoms with van der Waals surface area (Å²) in [5, 5.41) is 19.9. The first-order chi connectivity index (χ1) is 9.83. The molecule has 2 heterocycles. The number of nitrogens with zero attached hydrogens (tertiary/aromatic N) is 4. The van der Waals surface area contributed by atoms with Gasteiger partial charge in [0, 0.05) is 20.1 Å². The molecule has 2 N–H and O–H groups in total. The number of nitrogens with one attached hydrogen (secondary N) is 1. The Morgan fingerprint density at radius 2 is 2.24 bits per heavy atom. The van der Waals surface area contributed by atoms with E-state index in [9.17, 15) is 14.7 Å². The third kappa shape index (κ3) is 3.14. The number of aryl methyl sites for hydroxylation is 1. The first-order valence-corrected chi connectivity index (χ1v) is 6.96. The molecule has 1 aromatic rings. The Morgan fingerprint density at radius 3 is 2.81 bits per heavy atom. The molecule has 21 heavy (non-hydrogen) atoms. The summed E-state index contributed by atoms with van der Waals surface area (Å²) in [5.74, 6) is -0.206. The molecule has 0 spiro atoms. The van der Waals surface area contributed by atoms with Crippen LogP contribution in [0.2, 0.25) is 0 Å². The van der Waals surface area contributed by atoms with Crippen LogP contribution < -0.4 is 5.32 Å². The zero-order valence-electron chi connectivity index (χ0n) is 12.5. The molecule has 8 nitrogen and oxygen atoms in total. The molecule has 2 rings (SSSR count). The van der Waals surface area contributed by atoms with E-state index in [0.29, 0.717) is 25.2 Å². The summed E-state index contributed by atoms with van der Waals surface area (Å²) in [4.78, 5) is 25.2. The molecule has 1 aliphatic rings. The molecule has 1 aliphatic heterocycles. The molecule has 8 heteroatoms. The Hall–Kier alpha value is -2.12. The number of carbonyl (C=O) groups is 2. The maximum atomic E-state index is 12.3. The van der Waals surface area contributed by atoms with Crippen LogP contribution in [-0.2, 0) is 11.8 Å². The Morgan fingerprint density at radius 1 is 1.52 bits per heavy atom. The minimum Gasteiger partial charge on any atom is -0.481 e. The summed E-state index contributed by atoms with van der Waals surface area (Å²) in [5.41, 5.74) is -0.871. The fourth-order valence-electron chi connectivity index (χ4n) is 2.61. The quantitative estimate of drug-likeness (QED) is 0.858. The Labute approximate surface area is 123 Å². The van der Waals surface area contributed by atoms with Crippen LogP contribution in [0.1, 0.15) is 38.6 Å². The van der Waals surface area contributed by atoms with Crippen molar-refractivity contribution in [2.24, 2.45) is 12.5 Å². The zero-order chi connectivity index (χ0) is 15.6. The lowest BCUT2D eigenvalue weighted by Gasteiger charge is -2.37. The van der Waals surface area contributed by atoms with Crippen LogP contribution in [0.15, 0.2) is 6.33 Å². The average Bonchev–Trinajstić information content (AvgIpc) is 2.85. The molecule has 1 fully saturated rings. The van der Waals surface area contributed by atoms with Crippen molar-refractivity contribution in [1.29, 1.82) is 0 Å². The lowest BCUT2D eigenvalue weighted by molar-refractivity contribution is -0.150. The van der Waals surface area contributed by atoms with Crippen molar-refractivity contribution in [1.82, 2.24) is 25.0 Å². The molecule has 2 atom stereocenters. The predicted molar refractivity (Wildman–Crippen MR) is 74.5 cm³/mol. The van der Waals surface area contributed by atoms with Crippen LogP contribution in [-0.4, -0.2) is 49.9 Å². The molecule has 0 saturated carbocycles. The molecule has 2 unspecified atom stereocenters. The first-order valence-electron chi connectivity index (χ1n) is 6.96. The standard InChI is InChI=1S/C13H21N5O3/c1-9(10-16-14-8-17(10)3)15-12(21)18-6-4-5-13(2,7-18)11(19)20/h8-9H,4-7H2,1-3H3,(H,15,21)(H,19,20). The fourth-order valence-corrected chi connectivity index (χ4v) is 2.61. The highest BCUT2D eigenvalue weighted by Crippen LogP contribution is 2.29. The van der Waals surface area contributed by atoms with E-state index in [1.165, 1.54) is 0 Å². The fraction of sp³-hybridized carbons (Fsp3) is 0.692. The predicted octanol–water partition coefficient (Wildman–Crippen LogP) is 0.772. The molecule has 116 valence electrons. The normalized spacial score (nSPS) is 23.7. The SMILES string of the molecule is CC(NC(=O)N1CCCC(C)(C(=O)O)C1)c1nncn1C. The van der Waals surface area contributed by atoms with Crippen molar-refractivity contribution >= 4 is 12.0 Å². The molecule has 0 aliphatic carbocycles. The number of hydrogen-bond acceptors (Lipinski definition) is 4. The summed E-state index contributed by atoms with van der Waals surface area (Å²) >= 11 is 0. The van der Waals surface area contributed by atoms with Gasteiger partial charge in [-0.1, -0.05) is 0 Å². The van der Waals surface area contributed by atoms with E-state index in [0.717, 1.165) is 0 Å². The van der Waals surface area contributed by atoms with Gasteiger partial charge in [0.2, 0.25) is 0 Å². The van der Waals surface area contributed by atoms with Gasteiger partial charge in [0.25, 0.3) is 0 Å². The van der Waals surface area contributed by atoms with Crippen LogP contribution >= 0.6 is 0 Å². The van der Waals surface area contributed by atoms with Gasteiger partial charge in [-0.2, -0.15) is 0 Å². The van der Waals surface area contributed by atoms with E-state index in [1.54, 1.807) is 29.8 Å². The summed E-state index contributed by atoms with van der Waals surface area (Å²) < 4.78 is 1.74. The van der Waals surface area contributed by atoms with Crippen LogP contribution in [0.4, 0.5) is 4.79 Å². The second-order valence-electron chi connectivity index (χ2n) is 5.86. The Kier molecular flexibility index (Phi) is 4.15. The number of urea groups is 1. The van der Waals surface area contributed by atoms with Gasteiger partial charge < -0.3 is 19.9 Å². The third-order valence-corrected chi connectivity index (χ3v) is 3.97. The second-order valence-corrected chi connectivity index (χ2v) is 5.86. The number of carboxylic acids is 1. The third-order valence-electron chi connectivity index (χ3n) is 3.97. The maximum absolute atomic E-state index is 12.3. The summed E-state index contributed by atoms with van der Waals surface area (Å²) in [6, 6.07) is -0.555. The number of piperidine rings is 1. The highest BCUT2D eigenvalue weighted by molar-refractivity contribution is 5.78. The van der Waals surface area contributed by atoms with Crippen molar-refractivity contribution in [3.63, 3.8) is 0 Å².